The average molecular weight is 220 g/mol. The smallest absolute Gasteiger partial charge is 0.318 e. The molecule has 3 nitrogen and oxygen atoms in total. The van der Waals surface area contributed by atoms with Crippen LogP contribution in [-0.4, -0.2) is 9.97 Å². The molecule has 2 N–H and O–H groups in total. The standard InChI is InChI=1S/C14H9N3/c1-2-6-12-10(5-1)11-8-9-4-3-7-15-13(9)17-14(11)16-12/h1-8H,(H,15,16,17)/p+1. The molecule has 0 aliphatic carbocycles. The lowest BCUT2D eigenvalue weighted by Gasteiger charge is -1.90. The first-order valence-electron chi connectivity index (χ1n) is 5.60. The quantitative estimate of drug-likeness (QED) is 0.486. The second kappa shape index (κ2) is 3.04. The molecule has 0 saturated carbocycles. The van der Waals surface area contributed by atoms with Gasteiger partial charge in [0.1, 0.15) is 0 Å². The van der Waals surface area contributed by atoms with E-state index in [0.717, 1.165) is 22.2 Å². The van der Waals surface area contributed by atoms with Crippen molar-refractivity contribution < 1.29 is 4.98 Å². The van der Waals surface area contributed by atoms with Crippen molar-refractivity contribution in [3.8, 4) is 0 Å². The van der Waals surface area contributed by atoms with Crippen LogP contribution in [0.15, 0.2) is 48.7 Å². The SMILES string of the molecule is c1c[nH+]c2nc3[nH]c4ccccc4c3cc2c1. The van der Waals surface area contributed by atoms with Gasteiger partial charge in [0.2, 0.25) is 0 Å². The first kappa shape index (κ1) is 8.70. The number of hydrogen-bond acceptors (Lipinski definition) is 1. The lowest BCUT2D eigenvalue weighted by Crippen LogP contribution is -2.03. The number of nitrogens with one attached hydrogen (secondary N) is 2. The van der Waals surface area contributed by atoms with Crippen molar-refractivity contribution >= 4 is 33.0 Å². The molecule has 0 radical (unpaired) electrons. The van der Waals surface area contributed by atoms with E-state index in [2.05, 4.69) is 45.3 Å². The van der Waals surface area contributed by atoms with E-state index >= 15 is 0 Å². The average Bonchev–Trinajstić information content (AvgIpc) is 2.73. The molecular formula is C14H10N3+. The Balaban J connectivity index is 2.28. The van der Waals surface area contributed by atoms with E-state index in [1.165, 1.54) is 10.8 Å². The Morgan fingerprint density at radius 2 is 1.94 bits per heavy atom. The molecule has 4 aromatic rings. The molecule has 0 atom stereocenters. The van der Waals surface area contributed by atoms with E-state index in [0.29, 0.717) is 0 Å². The Kier molecular flexibility index (Phi) is 1.56. The molecular weight excluding hydrogens is 210 g/mol. The van der Waals surface area contributed by atoms with Gasteiger partial charge in [-0.15, -0.1) is 0 Å². The molecule has 17 heavy (non-hydrogen) atoms. The third kappa shape index (κ3) is 1.16. The van der Waals surface area contributed by atoms with E-state index < -0.39 is 0 Å². The lowest BCUT2D eigenvalue weighted by molar-refractivity contribution is -0.347. The summed E-state index contributed by atoms with van der Waals surface area (Å²) in [6.45, 7) is 0. The summed E-state index contributed by atoms with van der Waals surface area (Å²) in [5.41, 5.74) is 2.97. The summed E-state index contributed by atoms with van der Waals surface area (Å²) in [7, 11) is 0. The summed E-state index contributed by atoms with van der Waals surface area (Å²) in [6.07, 6.45) is 1.89. The maximum Gasteiger partial charge on any atom is 0.330 e. The van der Waals surface area contributed by atoms with Crippen LogP contribution in [0.1, 0.15) is 0 Å². The number of pyridine rings is 2. The van der Waals surface area contributed by atoms with Crippen molar-refractivity contribution in [3.05, 3.63) is 48.7 Å². The van der Waals surface area contributed by atoms with Gasteiger partial charge < -0.3 is 4.98 Å². The predicted octanol–water partition coefficient (Wildman–Crippen LogP) is 2.68. The van der Waals surface area contributed by atoms with Crippen molar-refractivity contribution in [2.45, 2.75) is 0 Å². The normalized spacial score (nSPS) is 11.5. The van der Waals surface area contributed by atoms with Crippen molar-refractivity contribution in [1.82, 2.24) is 9.97 Å². The van der Waals surface area contributed by atoms with Crippen LogP contribution in [0.5, 0.6) is 0 Å². The Hall–Kier alpha value is -2.42. The van der Waals surface area contributed by atoms with Gasteiger partial charge in [-0.1, -0.05) is 18.2 Å². The number of benzene rings is 1. The first-order valence-corrected chi connectivity index (χ1v) is 5.60. The summed E-state index contributed by atoms with van der Waals surface area (Å²) in [5.74, 6) is 0. The minimum atomic E-state index is 0.909. The van der Waals surface area contributed by atoms with Gasteiger partial charge in [0.05, 0.1) is 17.0 Å². The fourth-order valence-electron chi connectivity index (χ4n) is 2.31. The Morgan fingerprint density at radius 3 is 2.94 bits per heavy atom. The predicted molar refractivity (Wildman–Crippen MR) is 67.7 cm³/mol. The highest BCUT2D eigenvalue weighted by atomic mass is 14.9. The number of fused-ring (bicyclic) bond motifs is 4. The molecule has 3 heteroatoms. The molecule has 0 bridgehead atoms. The molecule has 0 amide bonds. The van der Waals surface area contributed by atoms with Gasteiger partial charge in [0.15, 0.2) is 0 Å². The molecule has 0 aliphatic heterocycles. The lowest BCUT2D eigenvalue weighted by atomic mass is 10.1. The minimum absolute atomic E-state index is 0.909. The highest BCUT2D eigenvalue weighted by Gasteiger charge is 2.11. The molecule has 1 aromatic carbocycles. The van der Waals surface area contributed by atoms with Gasteiger partial charge in [-0.2, -0.15) is 0 Å². The zero-order valence-corrected chi connectivity index (χ0v) is 9.07. The van der Waals surface area contributed by atoms with Crippen molar-refractivity contribution in [2.75, 3.05) is 0 Å². The number of aromatic nitrogens is 3. The van der Waals surface area contributed by atoms with Gasteiger partial charge in [0.25, 0.3) is 5.65 Å². The third-order valence-electron chi connectivity index (χ3n) is 3.11. The van der Waals surface area contributed by atoms with Crippen molar-refractivity contribution in [3.63, 3.8) is 0 Å². The maximum atomic E-state index is 4.60. The number of nitrogens with zero attached hydrogens (tertiary/aromatic N) is 1. The molecule has 0 saturated heterocycles. The minimum Gasteiger partial charge on any atom is -0.318 e. The monoisotopic (exact) mass is 220 g/mol. The van der Waals surface area contributed by atoms with Crippen LogP contribution in [-0.2, 0) is 0 Å². The fraction of sp³-hybridized carbons (Fsp3) is 0. The first-order chi connectivity index (χ1) is 8.42. The highest BCUT2D eigenvalue weighted by molar-refractivity contribution is 6.08. The topological polar surface area (TPSA) is 42.8 Å². The molecule has 4 rings (SSSR count). The summed E-state index contributed by atoms with van der Waals surface area (Å²) in [6, 6.07) is 14.5. The van der Waals surface area contributed by atoms with Crippen molar-refractivity contribution in [1.29, 1.82) is 0 Å². The molecule has 3 heterocycles. The van der Waals surface area contributed by atoms with E-state index in [-0.39, 0.29) is 0 Å². The van der Waals surface area contributed by atoms with Crippen LogP contribution in [0.2, 0.25) is 0 Å². The van der Waals surface area contributed by atoms with Crippen LogP contribution in [0.4, 0.5) is 0 Å². The van der Waals surface area contributed by atoms with Crippen LogP contribution in [0.25, 0.3) is 33.0 Å². The Labute approximate surface area is 97.1 Å². The van der Waals surface area contributed by atoms with E-state index in [4.69, 9.17) is 0 Å². The second-order valence-electron chi connectivity index (χ2n) is 4.16. The van der Waals surface area contributed by atoms with E-state index in [9.17, 15) is 0 Å². The Bertz CT molecular complexity index is 840. The maximum absolute atomic E-state index is 4.60. The van der Waals surface area contributed by atoms with Gasteiger partial charge in [-0.25, -0.2) is 4.98 Å². The van der Waals surface area contributed by atoms with Gasteiger partial charge >= 0.3 is 5.65 Å². The van der Waals surface area contributed by atoms with Crippen LogP contribution in [0.3, 0.4) is 0 Å². The summed E-state index contributed by atoms with van der Waals surface area (Å²) < 4.78 is 0. The molecule has 80 valence electrons. The number of aromatic amines is 2. The van der Waals surface area contributed by atoms with Crippen LogP contribution >= 0.6 is 0 Å². The number of hydrogen-bond donors (Lipinski definition) is 1. The summed E-state index contributed by atoms with van der Waals surface area (Å²) in [5, 5.41) is 3.53. The third-order valence-corrected chi connectivity index (χ3v) is 3.11. The molecule has 0 unspecified atom stereocenters. The van der Waals surface area contributed by atoms with Gasteiger partial charge in [-0.3, -0.25) is 0 Å². The second-order valence-corrected chi connectivity index (χ2v) is 4.16. The highest BCUT2D eigenvalue weighted by Crippen LogP contribution is 2.25. The van der Waals surface area contributed by atoms with Crippen LogP contribution < -0.4 is 4.98 Å². The molecule has 0 spiro atoms. The number of rotatable bonds is 0. The molecule has 3 aromatic heterocycles. The largest absolute Gasteiger partial charge is 0.330 e. The summed E-state index contributed by atoms with van der Waals surface area (Å²) in [4.78, 5) is 11.1. The van der Waals surface area contributed by atoms with E-state index in [1.807, 2.05) is 18.3 Å². The van der Waals surface area contributed by atoms with E-state index in [1.54, 1.807) is 0 Å². The number of H-pyrrole nitrogens is 2. The fourth-order valence-corrected chi connectivity index (χ4v) is 2.31. The number of para-hydroxylation sites is 1. The van der Waals surface area contributed by atoms with Gasteiger partial charge in [-0.05, 0) is 29.2 Å². The summed E-state index contributed by atoms with van der Waals surface area (Å²) >= 11 is 0. The van der Waals surface area contributed by atoms with Crippen LogP contribution in [0, 0.1) is 0 Å². The van der Waals surface area contributed by atoms with Gasteiger partial charge in [0, 0.05) is 10.9 Å². The zero-order chi connectivity index (χ0) is 11.2. The molecule has 0 fully saturated rings. The Morgan fingerprint density at radius 1 is 1.00 bits per heavy atom. The van der Waals surface area contributed by atoms with Crippen molar-refractivity contribution in [2.24, 2.45) is 0 Å². The zero-order valence-electron chi connectivity index (χ0n) is 9.07. The molecule has 0 aliphatic rings.